The predicted octanol–water partition coefficient (Wildman–Crippen LogP) is 4.43. The van der Waals surface area contributed by atoms with Gasteiger partial charge >= 0.3 is 0 Å². The van der Waals surface area contributed by atoms with Gasteiger partial charge in [-0.05, 0) is 36.8 Å². The molecule has 0 saturated heterocycles. The van der Waals surface area contributed by atoms with Crippen LogP contribution in [0.1, 0.15) is 11.1 Å². The minimum absolute atomic E-state index is 0.308. The van der Waals surface area contributed by atoms with Crippen molar-refractivity contribution in [1.29, 1.82) is 0 Å². The lowest BCUT2D eigenvalue weighted by Gasteiger charge is -2.22. The van der Waals surface area contributed by atoms with E-state index in [4.69, 9.17) is 9.47 Å². The molecule has 162 valence electrons. The van der Waals surface area contributed by atoms with Crippen molar-refractivity contribution in [1.82, 2.24) is 0 Å². The summed E-state index contributed by atoms with van der Waals surface area (Å²) in [5.74, 6) is 0.122. The Hall–Kier alpha value is -4.06. The molecule has 0 N–H and O–H groups in total. The summed E-state index contributed by atoms with van der Waals surface area (Å²) in [5, 5.41) is 0. The van der Waals surface area contributed by atoms with Crippen LogP contribution in [-0.2, 0) is 9.59 Å². The van der Waals surface area contributed by atoms with Crippen molar-refractivity contribution in [2.45, 2.75) is 6.92 Å². The van der Waals surface area contributed by atoms with E-state index >= 15 is 0 Å². The topological polar surface area (TPSA) is 59.1 Å². The molecular weight excluding hydrogens is 404 g/mol. The normalized spacial score (nSPS) is 13.6. The number of likely N-dealkylation sites (N-methyl/N-ethyl adjacent to an activating group) is 1. The molecule has 6 heteroatoms. The number of rotatable bonds is 6. The molecule has 0 spiro atoms. The molecule has 3 aromatic rings. The molecule has 0 fully saturated rings. The van der Waals surface area contributed by atoms with Gasteiger partial charge in [0.1, 0.15) is 17.2 Å². The van der Waals surface area contributed by atoms with E-state index in [0.717, 1.165) is 11.3 Å². The third kappa shape index (κ3) is 3.60. The molecular formula is C26H24N2O4. The number of anilines is 2. The smallest absolute Gasteiger partial charge is 0.282 e. The van der Waals surface area contributed by atoms with E-state index in [1.807, 2.05) is 61.5 Å². The first-order valence-electron chi connectivity index (χ1n) is 10.2. The summed E-state index contributed by atoms with van der Waals surface area (Å²) in [6, 6.07) is 22.1. The number of nitrogens with zero attached hydrogens (tertiary/aromatic N) is 2. The van der Waals surface area contributed by atoms with E-state index in [0.29, 0.717) is 34.0 Å². The highest BCUT2D eigenvalue weighted by atomic mass is 16.5. The number of amides is 2. The number of imide groups is 1. The fourth-order valence-corrected chi connectivity index (χ4v) is 3.78. The van der Waals surface area contributed by atoms with Gasteiger partial charge in [0.05, 0.1) is 25.5 Å². The fourth-order valence-electron chi connectivity index (χ4n) is 3.78. The maximum atomic E-state index is 13.7. The molecule has 4 rings (SSSR count). The highest BCUT2D eigenvalue weighted by Crippen LogP contribution is 2.40. The Kier molecular flexibility index (Phi) is 5.69. The van der Waals surface area contributed by atoms with Crippen molar-refractivity contribution in [2.75, 3.05) is 31.1 Å². The van der Waals surface area contributed by atoms with Crippen LogP contribution in [0.3, 0.4) is 0 Å². The molecule has 0 unspecified atom stereocenters. The van der Waals surface area contributed by atoms with E-state index in [1.165, 1.54) is 12.0 Å². The highest BCUT2D eigenvalue weighted by molar-refractivity contribution is 6.46. The number of aryl methyl sites for hydroxylation is 1. The van der Waals surface area contributed by atoms with Crippen molar-refractivity contribution in [3.8, 4) is 11.5 Å². The van der Waals surface area contributed by atoms with Crippen LogP contribution < -0.4 is 19.3 Å². The molecule has 1 aliphatic heterocycles. The van der Waals surface area contributed by atoms with Crippen LogP contribution in [0.5, 0.6) is 11.5 Å². The third-order valence-corrected chi connectivity index (χ3v) is 5.51. The molecule has 0 aliphatic carbocycles. The van der Waals surface area contributed by atoms with Gasteiger partial charge in [-0.1, -0.05) is 48.0 Å². The van der Waals surface area contributed by atoms with Crippen LogP contribution >= 0.6 is 0 Å². The lowest BCUT2D eigenvalue weighted by atomic mass is 10.0. The summed E-state index contributed by atoms with van der Waals surface area (Å²) in [4.78, 5) is 30.4. The van der Waals surface area contributed by atoms with Gasteiger partial charge < -0.3 is 14.4 Å². The number of benzene rings is 3. The third-order valence-electron chi connectivity index (χ3n) is 5.51. The molecule has 0 bridgehead atoms. The zero-order valence-electron chi connectivity index (χ0n) is 18.5. The van der Waals surface area contributed by atoms with Crippen LogP contribution in [0.15, 0.2) is 78.5 Å². The first-order chi connectivity index (χ1) is 15.5. The second-order valence-corrected chi connectivity index (χ2v) is 7.47. The second-order valence-electron chi connectivity index (χ2n) is 7.47. The number of para-hydroxylation sites is 1. The van der Waals surface area contributed by atoms with Gasteiger partial charge in [0.25, 0.3) is 11.8 Å². The van der Waals surface area contributed by atoms with E-state index < -0.39 is 11.8 Å². The number of methoxy groups -OCH3 is 2. The summed E-state index contributed by atoms with van der Waals surface area (Å²) < 4.78 is 10.7. The average molecular weight is 428 g/mol. The fraction of sp³-hybridized carbons (Fsp3) is 0.154. The van der Waals surface area contributed by atoms with Gasteiger partial charge in [-0.15, -0.1) is 0 Å². The van der Waals surface area contributed by atoms with Crippen molar-refractivity contribution < 1.29 is 19.1 Å². The zero-order valence-corrected chi connectivity index (χ0v) is 18.5. The van der Waals surface area contributed by atoms with Crippen molar-refractivity contribution in [3.63, 3.8) is 0 Å². The molecule has 0 saturated carbocycles. The molecule has 6 nitrogen and oxygen atoms in total. The SMILES string of the molecule is COc1ccc(N2C(=O)C(c3ccc(C)cc3)=C(N(C)c3ccccc3)C2=O)c(OC)c1. The summed E-state index contributed by atoms with van der Waals surface area (Å²) in [7, 11) is 4.83. The molecule has 32 heavy (non-hydrogen) atoms. The van der Waals surface area contributed by atoms with Gasteiger partial charge in [-0.2, -0.15) is 0 Å². The Bertz CT molecular complexity index is 1200. The van der Waals surface area contributed by atoms with Gasteiger partial charge in [0.15, 0.2) is 0 Å². The Morgan fingerprint density at radius 1 is 0.812 bits per heavy atom. The summed E-state index contributed by atoms with van der Waals surface area (Å²) >= 11 is 0. The summed E-state index contributed by atoms with van der Waals surface area (Å²) in [5.41, 5.74) is 3.57. The van der Waals surface area contributed by atoms with E-state index in [-0.39, 0.29) is 0 Å². The summed E-state index contributed by atoms with van der Waals surface area (Å²) in [6.07, 6.45) is 0. The first kappa shape index (κ1) is 21.2. The lowest BCUT2D eigenvalue weighted by Crippen LogP contribution is -2.34. The molecule has 3 aromatic carbocycles. The maximum absolute atomic E-state index is 13.7. The van der Waals surface area contributed by atoms with Crippen LogP contribution in [0.4, 0.5) is 11.4 Å². The Balaban J connectivity index is 1.88. The largest absolute Gasteiger partial charge is 0.497 e. The van der Waals surface area contributed by atoms with Crippen molar-refractivity contribution in [2.24, 2.45) is 0 Å². The minimum Gasteiger partial charge on any atom is -0.497 e. The molecule has 1 heterocycles. The molecule has 2 amide bonds. The lowest BCUT2D eigenvalue weighted by molar-refractivity contribution is -0.120. The molecule has 0 radical (unpaired) electrons. The maximum Gasteiger partial charge on any atom is 0.282 e. The number of ether oxygens (including phenoxy) is 2. The minimum atomic E-state index is -0.416. The van der Waals surface area contributed by atoms with E-state index in [1.54, 1.807) is 37.3 Å². The van der Waals surface area contributed by atoms with Gasteiger partial charge in [0.2, 0.25) is 0 Å². The van der Waals surface area contributed by atoms with Crippen LogP contribution in [-0.4, -0.2) is 33.1 Å². The average Bonchev–Trinajstić information content (AvgIpc) is 3.09. The Morgan fingerprint density at radius 2 is 1.50 bits per heavy atom. The van der Waals surface area contributed by atoms with E-state index in [2.05, 4.69) is 0 Å². The van der Waals surface area contributed by atoms with E-state index in [9.17, 15) is 9.59 Å². The van der Waals surface area contributed by atoms with Gasteiger partial charge in [0, 0.05) is 18.8 Å². The Morgan fingerprint density at radius 3 is 2.12 bits per heavy atom. The number of hydrogen-bond donors (Lipinski definition) is 0. The van der Waals surface area contributed by atoms with Crippen molar-refractivity contribution >= 4 is 28.8 Å². The predicted molar refractivity (Wildman–Crippen MR) is 125 cm³/mol. The monoisotopic (exact) mass is 428 g/mol. The van der Waals surface area contributed by atoms with Crippen LogP contribution in [0, 0.1) is 6.92 Å². The molecule has 0 aromatic heterocycles. The first-order valence-corrected chi connectivity index (χ1v) is 10.2. The highest BCUT2D eigenvalue weighted by Gasteiger charge is 2.43. The number of carbonyl (C=O) groups excluding carboxylic acids is 2. The Labute approximate surface area is 187 Å². The standard InChI is InChI=1S/C26H24N2O4/c1-17-10-12-18(13-11-17)23-24(27(2)19-8-6-5-7-9-19)26(30)28(25(23)29)21-15-14-20(31-3)16-22(21)32-4/h5-16H,1-4H3. The molecule has 1 aliphatic rings. The molecule has 0 atom stereocenters. The zero-order chi connectivity index (χ0) is 22.8. The van der Waals surface area contributed by atoms with Crippen LogP contribution in [0.2, 0.25) is 0 Å². The number of hydrogen-bond acceptors (Lipinski definition) is 5. The van der Waals surface area contributed by atoms with Crippen molar-refractivity contribution in [3.05, 3.63) is 89.6 Å². The van der Waals surface area contributed by atoms with Crippen LogP contribution in [0.25, 0.3) is 5.57 Å². The quantitative estimate of drug-likeness (QED) is 0.544. The number of carbonyl (C=O) groups is 2. The second kappa shape index (κ2) is 8.59. The van der Waals surface area contributed by atoms with Gasteiger partial charge in [-0.25, -0.2) is 4.90 Å². The van der Waals surface area contributed by atoms with Gasteiger partial charge in [-0.3, -0.25) is 9.59 Å². The summed E-state index contributed by atoms with van der Waals surface area (Å²) in [6.45, 7) is 1.98.